The minimum Gasteiger partial charge on any atom is -0.493 e. The van der Waals surface area contributed by atoms with Crippen LogP contribution in [-0.4, -0.2) is 12.7 Å². The molecule has 94 valence electrons. The van der Waals surface area contributed by atoms with Crippen molar-refractivity contribution < 1.29 is 9.47 Å². The standard InChI is InChI=1S/C14H21NO2/c1-5-9-6-10-11(15)8-14(2,3)17-13(10)12(7-9)16-4/h6-7,11H,5,8,15H2,1-4H3. The molecule has 0 saturated heterocycles. The molecular formula is C14H21NO2. The van der Waals surface area contributed by atoms with Gasteiger partial charge in [-0.1, -0.05) is 13.0 Å². The van der Waals surface area contributed by atoms with Crippen molar-refractivity contribution in [3.63, 3.8) is 0 Å². The molecule has 0 aromatic heterocycles. The van der Waals surface area contributed by atoms with Gasteiger partial charge in [0.25, 0.3) is 0 Å². The first-order chi connectivity index (χ1) is 7.96. The van der Waals surface area contributed by atoms with Gasteiger partial charge in [-0.25, -0.2) is 0 Å². The molecule has 1 aromatic carbocycles. The highest BCUT2D eigenvalue weighted by atomic mass is 16.5. The lowest BCUT2D eigenvalue weighted by Gasteiger charge is -2.37. The van der Waals surface area contributed by atoms with Crippen LogP contribution in [0.25, 0.3) is 0 Å². The third kappa shape index (κ3) is 2.25. The molecule has 3 nitrogen and oxygen atoms in total. The topological polar surface area (TPSA) is 44.5 Å². The van der Waals surface area contributed by atoms with Crippen molar-refractivity contribution in [2.24, 2.45) is 5.73 Å². The van der Waals surface area contributed by atoms with Crippen LogP contribution in [-0.2, 0) is 6.42 Å². The van der Waals surface area contributed by atoms with E-state index in [2.05, 4.69) is 26.8 Å². The molecule has 0 amide bonds. The Kier molecular flexibility index (Phi) is 3.04. The van der Waals surface area contributed by atoms with E-state index in [1.807, 2.05) is 6.07 Å². The summed E-state index contributed by atoms with van der Waals surface area (Å²) in [6.07, 6.45) is 1.80. The highest BCUT2D eigenvalue weighted by molar-refractivity contribution is 5.52. The van der Waals surface area contributed by atoms with Crippen molar-refractivity contribution in [3.8, 4) is 11.5 Å². The first-order valence-corrected chi connectivity index (χ1v) is 6.12. The fraction of sp³-hybridized carbons (Fsp3) is 0.571. The van der Waals surface area contributed by atoms with E-state index in [9.17, 15) is 0 Å². The number of nitrogens with two attached hydrogens (primary N) is 1. The SMILES string of the molecule is CCc1cc(OC)c2c(c1)C(N)CC(C)(C)O2. The van der Waals surface area contributed by atoms with Crippen LogP contribution in [0.5, 0.6) is 11.5 Å². The van der Waals surface area contributed by atoms with Gasteiger partial charge in [-0.2, -0.15) is 0 Å². The van der Waals surface area contributed by atoms with Gasteiger partial charge in [0.2, 0.25) is 0 Å². The maximum atomic E-state index is 6.23. The summed E-state index contributed by atoms with van der Waals surface area (Å²) in [6.45, 7) is 6.24. The van der Waals surface area contributed by atoms with Gasteiger partial charge >= 0.3 is 0 Å². The van der Waals surface area contributed by atoms with Gasteiger partial charge in [-0.3, -0.25) is 0 Å². The summed E-state index contributed by atoms with van der Waals surface area (Å²) in [4.78, 5) is 0. The quantitative estimate of drug-likeness (QED) is 0.857. The predicted molar refractivity (Wildman–Crippen MR) is 68.6 cm³/mol. The lowest BCUT2D eigenvalue weighted by molar-refractivity contribution is 0.0688. The Morgan fingerprint density at radius 2 is 2.18 bits per heavy atom. The Morgan fingerprint density at radius 3 is 2.76 bits per heavy atom. The van der Waals surface area contributed by atoms with Crippen LogP contribution in [0.3, 0.4) is 0 Å². The number of hydrogen-bond acceptors (Lipinski definition) is 3. The Balaban J connectivity index is 2.54. The molecule has 3 heteroatoms. The molecule has 1 aliphatic heterocycles. The lowest BCUT2D eigenvalue weighted by atomic mass is 9.89. The summed E-state index contributed by atoms with van der Waals surface area (Å²) in [6, 6.07) is 4.19. The maximum absolute atomic E-state index is 6.23. The summed E-state index contributed by atoms with van der Waals surface area (Å²) in [5.41, 5.74) is 8.31. The Morgan fingerprint density at radius 1 is 1.47 bits per heavy atom. The number of fused-ring (bicyclic) bond motifs is 1. The molecule has 0 radical (unpaired) electrons. The van der Waals surface area contributed by atoms with E-state index in [1.165, 1.54) is 5.56 Å². The Hall–Kier alpha value is -1.22. The molecule has 0 aliphatic carbocycles. The number of ether oxygens (including phenoxy) is 2. The summed E-state index contributed by atoms with van der Waals surface area (Å²) < 4.78 is 11.4. The van der Waals surface area contributed by atoms with E-state index in [0.29, 0.717) is 0 Å². The van der Waals surface area contributed by atoms with Gasteiger partial charge in [-0.05, 0) is 31.9 Å². The molecule has 1 unspecified atom stereocenters. The molecule has 1 aromatic rings. The summed E-state index contributed by atoms with van der Waals surface area (Å²) >= 11 is 0. The van der Waals surface area contributed by atoms with E-state index < -0.39 is 0 Å². The summed E-state index contributed by atoms with van der Waals surface area (Å²) in [5, 5.41) is 0. The van der Waals surface area contributed by atoms with Gasteiger partial charge in [-0.15, -0.1) is 0 Å². The highest BCUT2D eigenvalue weighted by Gasteiger charge is 2.34. The second kappa shape index (κ2) is 4.22. The van der Waals surface area contributed by atoms with Crippen molar-refractivity contribution in [3.05, 3.63) is 23.3 Å². The molecule has 1 aliphatic rings. The molecule has 1 heterocycles. The molecule has 1 atom stereocenters. The smallest absolute Gasteiger partial charge is 0.166 e. The average molecular weight is 235 g/mol. The number of benzene rings is 1. The van der Waals surface area contributed by atoms with Gasteiger partial charge < -0.3 is 15.2 Å². The Bertz CT molecular complexity index is 426. The van der Waals surface area contributed by atoms with Gasteiger partial charge in [0.1, 0.15) is 5.60 Å². The van der Waals surface area contributed by atoms with Crippen LogP contribution >= 0.6 is 0 Å². The molecule has 0 saturated carbocycles. The maximum Gasteiger partial charge on any atom is 0.166 e. The zero-order valence-corrected chi connectivity index (χ0v) is 11.0. The summed E-state index contributed by atoms with van der Waals surface area (Å²) in [7, 11) is 1.67. The minimum atomic E-state index is -0.229. The minimum absolute atomic E-state index is 0.0224. The third-order valence-corrected chi connectivity index (χ3v) is 3.26. The molecule has 2 rings (SSSR count). The monoisotopic (exact) mass is 235 g/mol. The van der Waals surface area contributed by atoms with Crippen molar-refractivity contribution in [1.82, 2.24) is 0 Å². The second-order valence-corrected chi connectivity index (χ2v) is 5.24. The lowest BCUT2D eigenvalue weighted by Crippen LogP contribution is -2.37. The molecule has 0 bridgehead atoms. The van der Waals surface area contributed by atoms with Crippen LogP contribution < -0.4 is 15.2 Å². The van der Waals surface area contributed by atoms with Gasteiger partial charge in [0.05, 0.1) is 7.11 Å². The van der Waals surface area contributed by atoms with Crippen molar-refractivity contribution in [2.45, 2.75) is 45.3 Å². The zero-order valence-electron chi connectivity index (χ0n) is 11.0. The van der Waals surface area contributed by atoms with Crippen LogP contribution in [0.1, 0.15) is 44.4 Å². The van der Waals surface area contributed by atoms with Gasteiger partial charge in [0, 0.05) is 18.0 Å². The normalized spacial score (nSPS) is 21.6. The third-order valence-electron chi connectivity index (χ3n) is 3.26. The van der Waals surface area contributed by atoms with Crippen LogP contribution in [0, 0.1) is 0 Å². The number of methoxy groups -OCH3 is 1. The first kappa shape index (κ1) is 12.2. The number of rotatable bonds is 2. The van der Waals surface area contributed by atoms with Crippen LogP contribution in [0.2, 0.25) is 0 Å². The van der Waals surface area contributed by atoms with Crippen LogP contribution in [0.15, 0.2) is 12.1 Å². The average Bonchev–Trinajstić information content (AvgIpc) is 2.26. The van der Waals surface area contributed by atoms with Crippen LogP contribution in [0.4, 0.5) is 0 Å². The molecule has 0 fully saturated rings. The molecule has 0 spiro atoms. The van der Waals surface area contributed by atoms with Crippen molar-refractivity contribution >= 4 is 0 Å². The van der Waals surface area contributed by atoms with Crippen molar-refractivity contribution in [2.75, 3.05) is 7.11 Å². The predicted octanol–water partition coefficient (Wildman–Crippen LogP) is 2.82. The first-order valence-electron chi connectivity index (χ1n) is 6.12. The second-order valence-electron chi connectivity index (χ2n) is 5.24. The highest BCUT2D eigenvalue weighted by Crippen LogP contribution is 2.44. The molecule has 2 N–H and O–H groups in total. The fourth-order valence-corrected chi connectivity index (χ4v) is 2.38. The summed E-state index contributed by atoms with van der Waals surface area (Å²) in [5.74, 6) is 1.61. The van der Waals surface area contributed by atoms with E-state index in [-0.39, 0.29) is 11.6 Å². The van der Waals surface area contributed by atoms with Gasteiger partial charge in [0.15, 0.2) is 11.5 Å². The zero-order chi connectivity index (χ0) is 12.6. The van der Waals surface area contributed by atoms with E-state index in [1.54, 1.807) is 7.11 Å². The molecular weight excluding hydrogens is 214 g/mol. The number of hydrogen-bond donors (Lipinski definition) is 1. The van der Waals surface area contributed by atoms with E-state index >= 15 is 0 Å². The molecule has 17 heavy (non-hydrogen) atoms. The van der Waals surface area contributed by atoms with E-state index in [4.69, 9.17) is 15.2 Å². The fourth-order valence-electron chi connectivity index (χ4n) is 2.38. The van der Waals surface area contributed by atoms with E-state index in [0.717, 1.165) is 29.9 Å². The largest absolute Gasteiger partial charge is 0.493 e. The van der Waals surface area contributed by atoms with Crippen molar-refractivity contribution in [1.29, 1.82) is 0 Å². The number of aryl methyl sites for hydroxylation is 1. The Labute approximate surface area is 103 Å².